The van der Waals surface area contributed by atoms with Gasteiger partial charge < -0.3 is 11.1 Å². The first-order chi connectivity index (χ1) is 7.95. The van der Waals surface area contributed by atoms with Gasteiger partial charge in [-0.05, 0) is 18.1 Å². The highest BCUT2D eigenvalue weighted by atomic mass is 79.9. The minimum absolute atomic E-state index is 0.0230. The van der Waals surface area contributed by atoms with Crippen molar-refractivity contribution >= 4 is 27.3 Å². The van der Waals surface area contributed by atoms with Crippen LogP contribution in [-0.2, 0) is 0 Å². The van der Waals surface area contributed by atoms with Crippen LogP contribution >= 0.6 is 15.9 Å². The van der Waals surface area contributed by atoms with E-state index in [0.29, 0.717) is 22.6 Å². The van der Waals surface area contributed by atoms with Gasteiger partial charge in [-0.3, -0.25) is 10.1 Å². The summed E-state index contributed by atoms with van der Waals surface area (Å²) in [6.45, 7) is 4.48. The van der Waals surface area contributed by atoms with Gasteiger partial charge in [-0.2, -0.15) is 0 Å². The molecule has 0 aliphatic heterocycles. The van der Waals surface area contributed by atoms with Gasteiger partial charge in [-0.15, -0.1) is 0 Å². The number of rotatable bonds is 5. The molecule has 1 rings (SSSR count). The highest BCUT2D eigenvalue weighted by Crippen LogP contribution is 2.29. The molecule has 0 bridgehead atoms. The molecule has 94 valence electrons. The predicted molar refractivity (Wildman–Crippen MR) is 72.1 cm³/mol. The summed E-state index contributed by atoms with van der Waals surface area (Å²) in [5.41, 5.74) is 6.19. The van der Waals surface area contributed by atoms with E-state index in [9.17, 15) is 10.1 Å². The topological polar surface area (TPSA) is 81.2 Å². The smallest absolute Gasteiger partial charge is 0.293 e. The molecule has 0 aromatic heterocycles. The number of anilines is 1. The second-order valence-electron chi connectivity index (χ2n) is 4.15. The zero-order valence-corrected chi connectivity index (χ0v) is 11.4. The maximum Gasteiger partial charge on any atom is 0.293 e. The van der Waals surface area contributed by atoms with Crippen molar-refractivity contribution in [3.8, 4) is 0 Å². The Morgan fingerprint density at radius 1 is 1.53 bits per heavy atom. The lowest BCUT2D eigenvalue weighted by Crippen LogP contribution is -2.33. The third-order valence-corrected chi connectivity index (χ3v) is 3.05. The van der Waals surface area contributed by atoms with Gasteiger partial charge in [0.15, 0.2) is 0 Å². The number of nitrogens with zero attached hydrogens (tertiary/aromatic N) is 1. The largest absolute Gasteiger partial charge is 0.375 e. The Hall–Kier alpha value is -1.14. The summed E-state index contributed by atoms with van der Waals surface area (Å²) in [5.74, 6) is 0.309. The number of nitro groups is 1. The minimum Gasteiger partial charge on any atom is -0.375 e. The van der Waals surface area contributed by atoms with Crippen LogP contribution in [0.25, 0.3) is 0 Å². The zero-order valence-electron chi connectivity index (χ0n) is 9.81. The van der Waals surface area contributed by atoms with Gasteiger partial charge in [0.25, 0.3) is 5.69 Å². The Balaban J connectivity index is 3.01. The van der Waals surface area contributed by atoms with Gasteiger partial charge in [0, 0.05) is 23.1 Å². The van der Waals surface area contributed by atoms with Crippen LogP contribution in [0.15, 0.2) is 22.7 Å². The normalized spacial score (nSPS) is 12.5. The lowest BCUT2D eigenvalue weighted by atomic mass is 10.0. The number of benzene rings is 1. The first-order valence-corrected chi connectivity index (χ1v) is 6.15. The van der Waals surface area contributed by atoms with Gasteiger partial charge >= 0.3 is 0 Å². The van der Waals surface area contributed by atoms with Crippen LogP contribution in [0, 0.1) is 16.0 Å². The van der Waals surface area contributed by atoms with Crippen LogP contribution < -0.4 is 11.1 Å². The summed E-state index contributed by atoms with van der Waals surface area (Å²) in [6.07, 6.45) is 0. The maximum absolute atomic E-state index is 10.9. The Morgan fingerprint density at radius 2 is 2.18 bits per heavy atom. The van der Waals surface area contributed by atoms with Gasteiger partial charge in [0.2, 0.25) is 0 Å². The molecule has 1 atom stereocenters. The predicted octanol–water partition coefficient (Wildman–Crippen LogP) is 2.75. The van der Waals surface area contributed by atoms with E-state index in [1.54, 1.807) is 12.1 Å². The second-order valence-corrected chi connectivity index (χ2v) is 5.06. The minimum atomic E-state index is -0.402. The summed E-state index contributed by atoms with van der Waals surface area (Å²) in [4.78, 5) is 10.5. The molecule has 1 unspecified atom stereocenters. The summed E-state index contributed by atoms with van der Waals surface area (Å²) in [6, 6.07) is 4.96. The van der Waals surface area contributed by atoms with Crippen LogP contribution in [0.2, 0.25) is 0 Å². The van der Waals surface area contributed by atoms with Crippen LogP contribution in [0.3, 0.4) is 0 Å². The van der Waals surface area contributed by atoms with Crippen LogP contribution in [-0.4, -0.2) is 17.5 Å². The van der Waals surface area contributed by atoms with E-state index in [0.717, 1.165) is 0 Å². The molecule has 1 aromatic rings. The monoisotopic (exact) mass is 301 g/mol. The standard InChI is InChI=1S/C11H16BrN3O2/c1-7(2)10(6-13)14-9-4-3-8(12)5-11(9)15(16)17/h3-5,7,10,14H,6,13H2,1-2H3. The fourth-order valence-electron chi connectivity index (χ4n) is 1.48. The maximum atomic E-state index is 10.9. The van der Waals surface area contributed by atoms with E-state index in [1.807, 2.05) is 13.8 Å². The number of hydrogen-bond donors (Lipinski definition) is 2. The second kappa shape index (κ2) is 5.97. The molecule has 6 heteroatoms. The van der Waals surface area contributed by atoms with Crippen molar-refractivity contribution in [3.05, 3.63) is 32.8 Å². The molecule has 0 radical (unpaired) electrons. The Labute approximate surface area is 109 Å². The van der Waals surface area contributed by atoms with E-state index in [-0.39, 0.29) is 11.7 Å². The SMILES string of the molecule is CC(C)C(CN)Nc1ccc(Br)cc1[N+](=O)[O-]. The molecule has 17 heavy (non-hydrogen) atoms. The summed E-state index contributed by atoms with van der Waals surface area (Å²) in [5, 5.41) is 14.0. The molecule has 0 spiro atoms. The van der Waals surface area contributed by atoms with Crippen molar-refractivity contribution in [3.63, 3.8) is 0 Å². The zero-order chi connectivity index (χ0) is 13.0. The first-order valence-electron chi connectivity index (χ1n) is 5.36. The molecular weight excluding hydrogens is 286 g/mol. The molecule has 1 aromatic carbocycles. The number of hydrogen-bond acceptors (Lipinski definition) is 4. The van der Waals surface area contributed by atoms with Gasteiger partial charge in [-0.25, -0.2) is 0 Å². The molecule has 0 saturated heterocycles. The number of halogens is 1. The Bertz CT molecular complexity index is 410. The first kappa shape index (κ1) is 13.9. The number of nitro benzene ring substituents is 1. The Kier molecular flexibility index (Phi) is 4.89. The third-order valence-electron chi connectivity index (χ3n) is 2.56. The van der Waals surface area contributed by atoms with Gasteiger partial charge in [0.1, 0.15) is 5.69 Å². The van der Waals surface area contributed by atoms with Crippen molar-refractivity contribution in [2.45, 2.75) is 19.9 Å². The highest BCUT2D eigenvalue weighted by Gasteiger charge is 2.18. The fourth-order valence-corrected chi connectivity index (χ4v) is 1.82. The lowest BCUT2D eigenvalue weighted by molar-refractivity contribution is -0.384. The summed E-state index contributed by atoms with van der Waals surface area (Å²) < 4.78 is 0.684. The van der Waals surface area contributed by atoms with E-state index in [4.69, 9.17) is 5.73 Å². The van der Waals surface area contributed by atoms with E-state index >= 15 is 0 Å². The lowest BCUT2D eigenvalue weighted by Gasteiger charge is -2.21. The fraction of sp³-hybridized carbons (Fsp3) is 0.455. The summed E-state index contributed by atoms with van der Waals surface area (Å²) in [7, 11) is 0. The Morgan fingerprint density at radius 3 is 2.65 bits per heavy atom. The van der Waals surface area contributed by atoms with Crippen molar-refractivity contribution in [1.82, 2.24) is 0 Å². The number of nitrogens with one attached hydrogen (secondary N) is 1. The van der Waals surface area contributed by atoms with Crippen LogP contribution in [0.5, 0.6) is 0 Å². The molecule has 3 N–H and O–H groups in total. The molecule has 0 fully saturated rings. The van der Waals surface area contributed by atoms with E-state index < -0.39 is 4.92 Å². The molecule has 5 nitrogen and oxygen atoms in total. The molecule has 0 amide bonds. The van der Waals surface area contributed by atoms with E-state index in [1.165, 1.54) is 6.07 Å². The van der Waals surface area contributed by atoms with Crippen LogP contribution in [0.4, 0.5) is 11.4 Å². The van der Waals surface area contributed by atoms with Crippen molar-refractivity contribution in [2.75, 3.05) is 11.9 Å². The molecule has 0 aliphatic carbocycles. The average molecular weight is 302 g/mol. The highest BCUT2D eigenvalue weighted by molar-refractivity contribution is 9.10. The summed E-state index contributed by atoms with van der Waals surface area (Å²) >= 11 is 3.22. The number of nitrogens with two attached hydrogens (primary N) is 1. The average Bonchev–Trinajstić information content (AvgIpc) is 2.26. The molecular formula is C11H16BrN3O2. The van der Waals surface area contributed by atoms with Crippen molar-refractivity contribution in [1.29, 1.82) is 0 Å². The van der Waals surface area contributed by atoms with Crippen molar-refractivity contribution in [2.24, 2.45) is 11.7 Å². The van der Waals surface area contributed by atoms with Crippen LogP contribution in [0.1, 0.15) is 13.8 Å². The van der Waals surface area contributed by atoms with Crippen molar-refractivity contribution < 1.29 is 4.92 Å². The van der Waals surface area contributed by atoms with Gasteiger partial charge in [-0.1, -0.05) is 29.8 Å². The van der Waals surface area contributed by atoms with Gasteiger partial charge in [0.05, 0.1) is 4.92 Å². The molecule has 0 heterocycles. The molecule has 0 aliphatic rings. The molecule has 0 saturated carbocycles. The quantitative estimate of drug-likeness (QED) is 0.647. The third kappa shape index (κ3) is 3.67. The van der Waals surface area contributed by atoms with E-state index in [2.05, 4.69) is 21.2 Å².